The number of rotatable bonds is 9. The minimum Gasteiger partial charge on any atom is -0.493 e. The highest BCUT2D eigenvalue weighted by molar-refractivity contribution is 5.76. The maximum atomic E-state index is 12.7. The number of nitrogens with zero attached hydrogens (tertiary/aromatic N) is 2. The lowest BCUT2D eigenvalue weighted by Gasteiger charge is -2.31. The van der Waals surface area contributed by atoms with Crippen LogP contribution in [0.3, 0.4) is 0 Å². The summed E-state index contributed by atoms with van der Waals surface area (Å²) >= 11 is 0. The van der Waals surface area contributed by atoms with Crippen molar-refractivity contribution in [2.75, 3.05) is 27.3 Å². The smallest absolute Gasteiger partial charge is 0.220 e. The van der Waals surface area contributed by atoms with Crippen LogP contribution in [0.2, 0.25) is 0 Å². The van der Waals surface area contributed by atoms with E-state index in [9.17, 15) is 4.79 Å². The molecule has 1 saturated heterocycles. The fourth-order valence-electron chi connectivity index (χ4n) is 4.29. The Morgan fingerprint density at radius 3 is 2.82 bits per heavy atom. The van der Waals surface area contributed by atoms with Crippen molar-refractivity contribution in [1.82, 2.24) is 20.8 Å². The van der Waals surface area contributed by atoms with E-state index in [0.717, 1.165) is 42.9 Å². The van der Waals surface area contributed by atoms with Crippen LogP contribution in [0.4, 0.5) is 0 Å². The summed E-state index contributed by atoms with van der Waals surface area (Å²) in [6.07, 6.45) is 3.94. The first-order chi connectivity index (χ1) is 16.2. The molecule has 1 fully saturated rings. The monoisotopic (exact) mass is 450 g/mol. The van der Waals surface area contributed by atoms with Gasteiger partial charge in [-0.25, -0.2) is 0 Å². The van der Waals surface area contributed by atoms with E-state index in [1.165, 1.54) is 0 Å². The average molecular weight is 451 g/mol. The molecule has 1 aliphatic rings. The molecule has 1 amide bonds. The van der Waals surface area contributed by atoms with Gasteiger partial charge in [0.05, 0.1) is 19.9 Å². The number of pyridine rings is 1. The number of carbonyl (C=O) groups is 1. The molecule has 2 atom stereocenters. The third kappa shape index (κ3) is 5.90. The number of piperidine rings is 1. The Kier molecular flexibility index (Phi) is 7.57. The molecule has 2 aromatic heterocycles. The maximum Gasteiger partial charge on any atom is 0.220 e. The molecule has 2 N–H and O–H groups in total. The predicted molar refractivity (Wildman–Crippen MR) is 124 cm³/mol. The highest BCUT2D eigenvalue weighted by atomic mass is 16.5. The Hall–Kier alpha value is -3.39. The molecule has 1 aliphatic heterocycles. The first-order valence-electron chi connectivity index (χ1n) is 11.2. The van der Waals surface area contributed by atoms with Crippen molar-refractivity contribution >= 4 is 5.91 Å². The summed E-state index contributed by atoms with van der Waals surface area (Å²) in [6.45, 7) is 2.23. The Bertz CT molecular complexity index is 1050. The second-order valence-electron chi connectivity index (χ2n) is 8.28. The zero-order valence-corrected chi connectivity index (χ0v) is 19.0. The van der Waals surface area contributed by atoms with Crippen LogP contribution in [0, 0.1) is 11.8 Å². The predicted octanol–water partition coefficient (Wildman–Crippen LogP) is 3.23. The summed E-state index contributed by atoms with van der Waals surface area (Å²) in [5.41, 5.74) is 2.62. The lowest BCUT2D eigenvalue weighted by Crippen LogP contribution is -2.40. The lowest BCUT2D eigenvalue weighted by molar-refractivity contribution is -0.122. The fourth-order valence-corrected chi connectivity index (χ4v) is 4.29. The largest absolute Gasteiger partial charge is 0.493 e. The Morgan fingerprint density at radius 2 is 2.03 bits per heavy atom. The number of ether oxygens (including phenoxy) is 2. The first-order valence-corrected chi connectivity index (χ1v) is 11.2. The van der Waals surface area contributed by atoms with E-state index in [4.69, 9.17) is 14.0 Å². The quantitative estimate of drug-likeness (QED) is 0.516. The minimum absolute atomic E-state index is 0.0519. The molecule has 3 heterocycles. The van der Waals surface area contributed by atoms with Gasteiger partial charge in [-0.2, -0.15) is 0 Å². The number of hydrogen-bond acceptors (Lipinski definition) is 7. The highest BCUT2D eigenvalue weighted by Crippen LogP contribution is 2.29. The Balaban J connectivity index is 1.33. The van der Waals surface area contributed by atoms with Gasteiger partial charge in [0.15, 0.2) is 17.3 Å². The van der Waals surface area contributed by atoms with Crippen molar-refractivity contribution in [3.05, 3.63) is 59.9 Å². The molecule has 0 radical (unpaired) electrons. The molecule has 174 valence electrons. The lowest BCUT2D eigenvalue weighted by atomic mass is 9.81. The summed E-state index contributed by atoms with van der Waals surface area (Å²) in [5.74, 6) is 2.64. The van der Waals surface area contributed by atoms with Gasteiger partial charge in [-0.3, -0.25) is 9.78 Å². The van der Waals surface area contributed by atoms with Crippen LogP contribution < -0.4 is 20.1 Å². The highest BCUT2D eigenvalue weighted by Gasteiger charge is 2.28. The number of nitrogens with one attached hydrogen (secondary N) is 2. The van der Waals surface area contributed by atoms with E-state index >= 15 is 0 Å². The third-order valence-electron chi connectivity index (χ3n) is 6.10. The second-order valence-corrected chi connectivity index (χ2v) is 8.28. The van der Waals surface area contributed by atoms with Crippen LogP contribution in [0.1, 0.15) is 24.1 Å². The van der Waals surface area contributed by atoms with Crippen LogP contribution in [0.15, 0.2) is 53.2 Å². The topological polar surface area (TPSA) is 98.5 Å². The van der Waals surface area contributed by atoms with Crippen molar-refractivity contribution in [3.8, 4) is 23.0 Å². The van der Waals surface area contributed by atoms with Gasteiger partial charge >= 0.3 is 0 Å². The SMILES string of the molecule is COc1ccc(CNC(=O)CC2CCNCC2Cc2cc(-c3ccccn3)on2)cc1OC. The van der Waals surface area contributed by atoms with Gasteiger partial charge in [0, 0.05) is 25.2 Å². The van der Waals surface area contributed by atoms with Crippen molar-refractivity contribution in [2.45, 2.75) is 25.8 Å². The molecule has 3 aromatic rings. The molecule has 4 rings (SSSR count). The maximum absolute atomic E-state index is 12.7. The molecule has 0 aliphatic carbocycles. The van der Waals surface area contributed by atoms with Crippen molar-refractivity contribution in [3.63, 3.8) is 0 Å². The van der Waals surface area contributed by atoms with Crippen molar-refractivity contribution < 1.29 is 18.8 Å². The van der Waals surface area contributed by atoms with E-state index in [0.29, 0.717) is 36.1 Å². The zero-order chi connectivity index (χ0) is 23.0. The summed E-state index contributed by atoms with van der Waals surface area (Å²) in [4.78, 5) is 17.0. The van der Waals surface area contributed by atoms with Gasteiger partial charge in [-0.15, -0.1) is 0 Å². The first kappa shape index (κ1) is 22.8. The number of amides is 1. The van der Waals surface area contributed by atoms with Gasteiger partial charge in [-0.1, -0.05) is 17.3 Å². The molecule has 0 spiro atoms. The molecule has 8 nitrogen and oxygen atoms in total. The van der Waals surface area contributed by atoms with Gasteiger partial charge in [-0.05, 0) is 67.6 Å². The van der Waals surface area contributed by atoms with Gasteiger partial charge in [0.1, 0.15) is 5.69 Å². The second kappa shape index (κ2) is 11.0. The molecule has 1 aromatic carbocycles. The Morgan fingerprint density at radius 1 is 1.15 bits per heavy atom. The minimum atomic E-state index is 0.0519. The third-order valence-corrected chi connectivity index (χ3v) is 6.10. The fraction of sp³-hybridized carbons (Fsp3) is 0.400. The van der Waals surface area contributed by atoms with Crippen LogP contribution in [-0.4, -0.2) is 43.4 Å². The van der Waals surface area contributed by atoms with Crippen LogP contribution in [0.25, 0.3) is 11.5 Å². The normalized spacial score (nSPS) is 18.0. The molecule has 8 heteroatoms. The van der Waals surface area contributed by atoms with Crippen LogP contribution >= 0.6 is 0 Å². The van der Waals surface area contributed by atoms with Crippen molar-refractivity contribution in [2.24, 2.45) is 11.8 Å². The summed E-state index contributed by atoms with van der Waals surface area (Å²) in [6, 6.07) is 13.3. The average Bonchev–Trinajstić information content (AvgIpc) is 3.33. The van der Waals surface area contributed by atoms with Crippen LogP contribution in [-0.2, 0) is 17.8 Å². The van der Waals surface area contributed by atoms with E-state index in [-0.39, 0.29) is 11.8 Å². The van der Waals surface area contributed by atoms with E-state index in [1.807, 2.05) is 42.5 Å². The molecule has 0 bridgehead atoms. The van der Waals surface area contributed by atoms with E-state index < -0.39 is 0 Å². The number of methoxy groups -OCH3 is 2. The van der Waals surface area contributed by atoms with Gasteiger partial charge in [0.25, 0.3) is 0 Å². The molecule has 2 unspecified atom stereocenters. The van der Waals surface area contributed by atoms with Gasteiger partial charge < -0.3 is 24.6 Å². The molecule has 33 heavy (non-hydrogen) atoms. The zero-order valence-electron chi connectivity index (χ0n) is 19.0. The van der Waals surface area contributed by atoms with E-state index in [1.54, 1.807) is 20.4 Å². The molecule has 0 saturated carbocycles. The molecular formula is C25H30N4O4. The molecular weight excluding hydrogens is 420 g/mol. The number of carbonyl (C=O) groups excluding carboxylic acids is 1. The number of benzene rings is 1. The van der Waals surface area contributed by atoms with Crippen molar-refractivity contribution in [1.29, 1.82) is 0 Å². The standard InChI is InChI=1S/C25H30N4O4/c1-31-22-7-6-17(11-24(22)32-2)15-28-25(30)13-18-8-10-26-16-19(18)12-20-14-23(33-29-20)21-5-3-4-9-27-21/h3-7,9,11,14,18-19,26H,8,10,12-13,15-16H2,1-2H3,(H,28,30). The summed E-state index contributed by atoms with van der Waals surface area (Å²) in [7, 11) is 3.21. The number of aromatic nitrogens is 2. The summed E-state index contributed by atoms with van der Waals surface area (Å²) < 4.78 is 16.1. The van der Waals surface area contributed by atoms with E-state index in [2.05, 4.69) is 20.8 Å². The van der Waals surface area contributed by atoms with Crippen LogP contribution in [0.5, 0.6) is 11.5 Å². The van der Waals surface area contributed by atoms with Gasteiger partial charge in [0.2, 0.25) is 5.91 Å². The summed E-state index contributed by atoms with van der Waals surface area (Å²) in [5, 5.41) is 10.7. The number of hydrogen-bond donors (Lipinski definition) is 2. The Labute approximate surface area is 193 Å².